The summed E-state index contributed by atoms with van der Waals surface area (Å²) in [6.07, 6.45) is 0. The molecule has 0 aromatic heterocycles. The van der Waals surface area contributed by atoms with E-state index >= 15 is 0 Å². The molecule has 0 saturated heterocycles. The molecule has 0 fully saturated rings. The van der Waals surface area contributed by atoms with Crippen molar-refractivity contribution in [3.05, 3.63) is 23.3 Å². The fourth-order valence-electron chi connectivity index (χ4n) is 1.80. The van der Waals surface area contributed by atoms with E-state index in [0.29, 0.717) is 5.69 Å². The lowest BCUT2D eigenvalue weighted by Gasteiger charge is -2.23. The van der Waals surface area contributed by atoms with Gasteiger partial charge in [-0.1, -0.05) is 0 Å². The maximum absolute atomic E-state index is 11.6. The van der Waals surface area contributed by atoms with Crippen LogP contribution >= 0.6 is 0 Å². The number of methoxy groups -OCH3 is 1. The van der Waals surface area contributed by atoms with Crippen molar-refractivity contribution >= 4 is 11.7 Å². The number of aryl methyl sites for hydroxylation is 2. The molecule has 0 spiro atoms. The second-order valence-electron chi connectivity index (χ2n) is 5.15. The van der Waals surface area contributed by atoms with E-state index in [2.05, 4.69) is 0 Å². The summed E-state index contributed by atoms with van der Waals surface area (Å²) in [5.41, 5.74) is 7.72. The molecule has 0 radical (unpaired) electrons. The van der Waals surface area contributed by atoms with Crippen LogP contribution in [0.1, 0.15) is 25.0 Å². The van der Waals surface area contributed by atoms with Gasteiger partial charge in [-0.3, -0.25) is 4.79 Å². The van der Waals surface area contributed by atoms with Crippen molar-refractivity contribution in [3.63, 3.8) is 0 Å². The van der Waals surface area contributed by atoms with Crippen LogP contribution in [0.25, 0.3) is 0 Å². The summed E-state index contributed by atoms with van der Waals surface area (Å²) < 4.78 is 10.5. The summed E-state index contributed by atoms with van der Waals surface area (Å²) in [5, 5.41) is 0. The Labute approximate surface area is 108 Å². The van der Waals surface area contributed by atoms with Gasteiger partial charge in [0.1, 0.15) is 12.4 Å². The predicted octanol–water partition coefficient (Wildman–Crippen LogP) is 2.46. The number of carbonyl (C=O) groups is 1. The number of hydrogen-bond donors (Lipinski definition) is 1. The first-order chi connectivity index (χ1) is 8.27. The molecule has 0 bridgehead atoms. The summed E-state index contributed by atoms with van der Waals surface area (Å²) in [6, 6.07) is 3.71. The highest BCUT2D eigenvalue weighted by Crippen LogP contribution is 2.28. The second kappa shape index (κ2) is 5.29. The Balaban J connectivity index is 2.84. The van der Waals surface area contributed by atoms with Crippen LogP contribution in [-0.4, -0.2) is 19.7 Å². The van der Waals surface area contributed by atoms with Gasteiger partial charge in [-0.2, -0.15) is 0 Å². The highest BCUT2D eigenvalue weighted by atomic mass is 16.5. The molecule has 0 aliphatic rings. The summed E-state index contributed by atoms with van der Waals surface area (Å²) >= 11 is 0. The fraction of sp³-hybridized carbons (Fsp3) is 0.500. The highest BCUT2D eigenvalue weighted by molar-refractivity contribution is 5.75. The third-order valence-corrected chi connectivity index (χ3v) is 2.80. The van der Waals surface area contributed by atoms with E-state index in [9.17, 15) is 4.79 Å². The number of rotatable bonds is 4. The zero-order valence-electron chi connectivity index (χ0n) is 11.7. The Morgan fingerprint density at radius 2 is 1.78 bits per heavy atom. The van der Waals surface area contributed by atoms with Gasteiger partial charge < -0.3 is 15.2 Å². The molecule has 0 unspecified atom stereocenters. The molecule has 4 heteroatoms. The number of hydrogen-bond acceptors (Lipinski definition) is 4. The summed E-state index contributed by atoms with van der Waals surface area (Å²) in [7, 11) is 1.38. The molecular weight excluding hydrogens is 230 g/mol. The van der Waals surface area contributed by atoms with E-state index < -0.39 is 5.41 Å². The third-order valence-electron chi connectivity index (χ3n) is 2.80. The van der Waals surface area contributed by atoms with Crippen LogP contribution in [-0.2, 0) is 9.53 Å². The van der Waals surface area contributed by atoms with Crippen molar-refractivity contribution in [2.24, 2.45) is 5.41 Å². The standard InChI is InChI=1S/C14H21NO3/c1-9-6-11(15)7-10(2)12(9)18-8-14(3,4)13(16)17-5/h6-7H,8,15H2,1-5H3. The molecule has 0 saturated carbocycles. The van der Waals surface area contributed by atoms with Crippen molar-refractivity contribution in [2.75, 3.05) is 19.5 Å². The first kappa shape index (κ1) is 14.4. The van der Waals surface area contributed by atoms with Crippen molar-refractivity contribution in [1.29, 1.82) is 0 Å². The number of carbonyl (C=O) groups excluding carboxylic acids is 1. The van der Waals surface area contributed by atoms with Gasteiger partial charge in [-0.05, 0) is 51.0 Å². The van der Waals surface area contributed by atoms with Gasteiger partial charge in [0.05, 0.1) is 12.5 Å². The zero-order valence-corrected chi connectivity index (χ0v) is 11.7. The highest BCUT2D eigenvalue weighted by Gasteiger charge is 2.30. The van der Waals surface area contributed by atoms with E-state index in [1.165, 1.54) is 7.11 Å². The van der Waals surface area contributed by atoms with Gasteiger partial charge in [0, 0.05) is 5.69 Å². The van der Waals surface area contributed by atoms with Gasteiger partial charge in [0.25, 0.3) is 0 Å². The molecule has 0 atom stereocenters. The Morgan fingerprint density at radius 3 is 2.22 bits per heavy atom. The molecule has 0 aliphatic carbocycles. The van der Waals surface area contributed by atoms with Gasteiger partial charge in [-0.25, -0.2) is 0 Å². The SMILES string of the molecule is COC(=O)C(C)(C)COc1c(C)cc(N)cc1C. The third kappa shape index (κ3) is 3.15. The number of nitrogens with two attached hydrogens (primary N) is 1. The van der Waals surface area contributed by atoms with Crippen LogP contribution in [0.15, 0.2) is 12.1 Å². The van der Waals surface area contributed by atoms with Crippen LogP contribution in [0, 0.1) is 19.3 Å². The lowest BCUT2D eigenvalue weighted by molar-refractivity contribution is -0.152. The van der Waals surface area contributed by atoms with E-state index in [-0.39, 0.29) is 12.6 Å². The lowest BCUT2D eigenvalue weighted by atomic mass is 9.95. The molecule has 100 valence electrons. The Morgan fingerprint density at radius 1 is 1.28 bits per heavy atom. The van der Waals surface area contributed by atoms with Crippen molar-refractivity contribution < 1.29 is 14.3 Å². The largest absolute Gasteiger partial charge is 0.492 e. The first-order valence-electron chi connectivity index (χ1n) is 5.86. The molecule has 1 aromatic rings. The monoisotopic (exact) mass is 251 g/mol. The summed E-state index contributed by atoms with van der Waals surface area (Å²) in [4.78, 5) is 11.6. The quantitative estimate of drug-likeness (QED) is 0.659. The summed E-state index contributed by atoms with van der Waals surface area (Å²) in [6.45, 7) is 7.72. The molecule has 0 amide bonds. The predicted molar refractivity (Wildman–Crippen MR) is 71.6 cm³/mol. The van der Waals surface area contributed by atoms with E-state index in [0.717, 1.165) is 16.9 Å². The van der Waals surface area contributed by atoms with Crippen LogP contribution in [0.5, 0.6) is 5.75 Å². The Hall–Kier alpha value is -1.71. The van der Waals surface area contributed by atoms with Crippen LogP contribution in [0.3, 0.4) is 0 Å². The van der Waals surface area contributed by atoms with Gasteiger partial charge >= 0.3 is 5.97 Å². The smallest absolute Gasteiger partial charge is 0.314 e. The molecule has 0 aliphatic heterocycles. The number of nitrogen functional groups attached to an aromatic ring is 1. The topological polar surface area (TPSA) is 61.5 Å². The van der Waals surface area contributed by atoms with Crippen LogP contribution < -0.4 is 10.5 Å². The van der Waals surface area contributed by atoms with Crippen LogP contribution in [0.2, 0.25) is 0 Å². The maximum atomic E-state index is 11.6. The Kier molecular flexibility index (Phi) is 4.22. The van der Waals surface area contributed by atoms with Crippen molar-refractivity contribution in [1.82, 2.24) is 0 Å². The van der Waals surface area contributed by atoms with Crippen molar-refractivity contribution in [3.8, 4) is 5.75 Å². The molecule has 1 rings (SSSR count). The number of anilines is 1. The average Bonchev–Trinajstić information content (AvgIpc) is 2.26. The molecule has 2 N–H and O–H groups in total. The number of ether oxygens (including phenoxy) is 2. The molecule has 18 heavy (non-hydrogen) atoms. The normalized spacial score (nSPS) is 11.2. The van der Waals surface area contributed by atoms with Gasteiger partial charge in [0.2, 0.25) is 0 Å². The lowest BCUT2D eigenvalue weighted by Crippen LogP contribution is -2.32. The average molecular weight is 251 g/mol. The molecule has 4 nitrogen and oxygen atoms in total. The minimum Gasteiger partial charge on any atom is -0.492 e. The molecular formula is C14H21NO3. The van der Waals surface area contributed by atoms with E-state index in [1.54, 1.807) is 13.8 Å². The Bertz CT molecular complexity index is 429. The summed E-state index contributed by atoms with van der Waals surface area (Å²) in [5.74, 6) is 0.495. The fourth-order valence-corrected chi connectivity index (χ4v) is 1.80. The first-order valence-corrected chi connectivity index (χ1v) is 5.86. The second-order valence-corrected chi connectivity index (χ2v) is 5.15. The zero-order chi connectivity index (χ0) is 13.9. The van der Waals surface area contributed by atoms with E-state index in [1.807, 2.05) is 26.0 Å². The van der Waals surface area contributed by atoms with E-state index in [4.69, 9.17) is 15.2 Å². The van der Waals surface area contributed by atoms with Gasteiger partial charge in [-0.15, -0.1) is 0 Å². The molecule has 1 aromatic carbocycles. The molecule has 0 heterocycles. The van der Waals surface area contributed by atoms with Crippen LogP contribution in [0.4, 0.5) is 5.69 Å². The maximum Gasteiger partial charge on any atom is 0.314 e. The van der Waals surface area contributed by atoms with Crippen molar-refractivity contribution in [2.45, 2.75) is 27.7 Å². The minimum absolute atomic E-state index is 0.269. The minimum atomic E-state index is -0.672. The van der Waals surface area contributed by atoms with Gasteiger partial charge in [0.15, 0.2) is 0 Å². The number of benzene rings is 1. The number of esters is 1.